The van der Waals surface area contributed by atoms with E-state index in [0.717, 1.165) is 28.6 Å². The molecule has 216 valence electrons. The Labute approximate surface area is 238 Å². The molecule has 3 aromatic rings. The van der Waals surface area contributed by atoms with Crippen molar-refractivity contribution in [3.05, 3.63) is 53.2 Å². The van der Waals surface area contributed by atoms with Crippen LogP contribution in [0.25, 0.3) is 10.9 Å². The highest BCUT2D eigenvalue weighted by molar-refractivity contribution is 5.98. The number of nitrogens with one attached hydrogen (secondary N) is 2. The monoisotopic (exact) mass is 550 g/mol. The van der Waals surface area contributed by atoms with Crippen LogP contribution in [0.5, 0.6) is 11.5 Å². The molecule has 0 bridgehead atoms. The third-order valence-corrected chi connectivity index (χ3v) is 6.62. The van der Waals surface area contributed by atoms with Crippen molar-refractivity contribution in [2.24, 2.45) is 17.4 Å². The Morgan fingerprint density at radius 3 is 2.45 bits per heavy atom. The number of benzene rings is 2. The van der Waals surface area contributed by atoms with Gasteiger partial charge in [-0.1, -0.05) is 32.9 Å². The van der Waals surface area contributed by atoms with Crippen LogP contribution in [0, 0.1) is 5.92 Å². The fraction of sp³-hybridized carbons (Fsp3) is 0.452. The summed E-state index contributed by atoms with van der Waals surface area (Å²) in [5, 5.41) is 7.29. The van der Waals surface area contributed by atoms with E-state index in [4.69, 9.17) is 22.3 Å². The zero-order valence-electron chi connectivity index (χ0n) is 25.0. The number of hydrogen-bond acceptors (Lipinski definition) is 7. The van der Waals surface area contributed by atoms with E-state index < -0.39 is 11.9 Å². The second kappa shape index (κ2) is 14.5. The number of aromatic nitrogens is 1. The van der Waals surface area contributed by atoms with Gasteiger partial charge in [0.1, 0.15) is 0 Å². The number of anilines is 2. The topological polar surface area (TPSA) is 142 Å². The molecule has 9 nitrogen and oxygen atoms in total. The highest BCUT2D eigenvalue weighted by Gasteiger charge is 2.18. The number of pyridine rings is 1. The van der Waals surface area contributed by atoms with Gasteiger partial charge in [0.25, 0.3) is 0 Å². The van der Waals surface area contributed by atoms with E-state index in [0.29, 0.717) is 67.8 Å². The second-order valence-electron chi connectivity index (χ2n) is 9.91. The number of amides is 2. The predicted molar refractivity (Wildman–Crippen MR) is 160 cm³/mol. The van der Waals surface area contributed by atoms with Crippen LogP contribution < -0.4 is 31.6 Å². The molecule has 1 unspecified atom stereocenters. The van der Waals surface area contributed by atoms with Crippen LogP contribution in [0.4, 0.5) is 11.4 Å². The number of ether oxygens (including phenoxy) is 2. The first-order valence-corrected chi connectivity index (χ1v) is 13.9. The van der Waals surface area contributed by atoms with Crippen LogP contribution in [0.3, 0.4) is 0 Å². The molecule has 0 saturated carbocycles. The summed E-state index contributed by atoms with van der Waals surface area (Å²) in [4.78, 5) is 29.2. The van der Waals surface area contributed by atoms with E-state index in [9.17, 15) is 9.59 Å². The highest BCUT2D eigenvalue weighted by atomic mass is 16.5. The number of rotatable bonds is 15. The Morgan fingerprint density at radius 2 is 1.80 bits per heavy atom. The van der Waals surface area contributed by atoms with Gasteiger partial charge in [-0.25, -0.2) is 0 Å². The molecule has 0 saturated heterocycles. The highest BCUT2D eigenvalue weighted by Crippen LogP contribution is 2.38. The lowest BCUT2D eigenvalue weighted by molar-refractivity contribution is -0.122. The first-order chi connectivity index (χ1) is 19.7. The lowest BCUT2D eigenvalue weighted by atomic mass is 10.0. The van der Waals surface area contributed by atoms with Gasteiger partial charge in [-0.2, -0.15) is 0 Å². The smallest absolute Gasteiger partial charge is 0.237 e. The maximum atomic E-state index is 12.7. The molecule has 40 heavy (non-hydrogen) atoms. The van der Waals surface area contributed by atoms with Crippen molar-refractivity contribution in [3.63, 3.8) is 0 Å². The number of fused-ring (bicyclic) bond motifs is 1. The van der Waals surface area contributed by atoms with Crippen LogP contribution >= 0.6 is 0 Å². The summed E-state index contributed by atoms with van der Waals surface area (Å²) in [6, 6.07) is 8.97. The van der Waals surface area contributed by atoms with Crippen LogP contribution in [-0.4, -0.2) is 36.1 Å². The minimum absolute atomic E-state index is 0.0103. The Balaban J connectivity index is 1.97. The number of nitrogens with zero attached hydrogens (tertiary/aromatic N) is 1. The van der Waals surface area contributed by atoms with E-state index in [1.807, 2.05) is 51.1 Å². The molecule has 3 rings (SSSR count). The van der Waals surface area contributed by atoms with E-state index >= 15 is 0 Å². The molecule has 0 aliphatic carbocycles. The molecule has 1 aromatic heterocycles. The quantitative estimate of drug-likeness (QED) is 0.214. The minimum atomic E-state index is -0.615. The summed E-state index contributed by atoms with van der Waals surface area (Å²) in [6.07, 6.45) is 3.65. The van der Waals surface area contributed by atoms with Crippen molar-refractivity contribution >= 4 is 34.1 Å². The second-order valence-corrected chi connectivity index (χ2v) is 9.91. The predicted octanol–water partition coefficient (Wildman–Crippen LogP) is 4.75. The van der Waals surface area contributed by atoms with Gasteiger partial charge in [0.2, 0.25) is 11.8 Å². The number of carbonyl (C=O) groups is 2. The molecule has 9 heteroatoms. The Hall–Kier alpha value is -3.85. The summed E-state index contributed by atoms with van der Waals surface area (Å²) in [5.74, 6) is 0.721. The molecule has 0 spiro atoms. The molecule has 2 aromatic carbocycles. The first kappa shape index (κ1) is 29.1. The number of hydrogen-bond donors (Lipinski definition) is 4. The largest absolute Gasteiger partial charge is 0.490 e. The fourth-order valence-electron chi connectivity index (χ4n) is 4.63. The van der Waals surface area contributed by atoms with Crippen molar-refractivity contribution in [1.82, 2.24) is 10.3 Å². The average Bonchev–Trinajstić information content (AvgIpc) is 2.96. The molecule has 2 amide bonds. The third-order valence-electron chi connectivity index (χ3n) is 6.62. The molecule has 0 aliphatic rings. The zero-order chi connectivity index (χ0) is 29.9. The summed E-state index contributed by atoms with van der Waals surface area (Å²) in [6.45, 7) is 9.45. The Morgan fingerprint density at radius 1 is 1.07 bits per heavy atom. The summed E-state index contributed by atoms with van der Waals surface area (Å²) >= 11 is 0. The van der Waals surface area contributed by atoms with Gasteiger partial charge in [-0.3, -0.25) is 14.6 Å². The van der Waals surface area contributed by atoms with Crippen molar-refractivity contribution < 1.29 is 20.4 Å². The molecule has 0 radical (unpaired) electrons. The molecular weight excluding hydrogens is 506 g/mol. The van der Waals surface area contributed by atoms with Gasteiger partial charge in [0.15, 0.2) is 11.5 Å². The van der Waals surface area contributed by atoms with Crippen molar-refractivity contribution in [2.75, 3.05) is 18.5 Å². The van der Waals surface area contributed by atoms with Gasteiger partial charge < -0.3 is 31.6 Å². The van der Waals surface area contributed by atoms with Gasteiger partial charge in [-0.15, -0.1) is 0 Å². The van der Waals surface area contributed by atoms with E-state index in [1.54, 1.807) is 6.20 Å². The van der Waals surface area contributed by atoms with Crippen molar-refractivity contribution in [2.45, 2.75) is 72.9 Å². The van der Waals surface area contributed by atoms with E-state index in [1.165, 1.54) is 0 Å². The molecule has 0 fully saturated rings. The van der Waals surface area contributed by atoms with Crippen LogP contribution in [0.15, 0.2) is 36.5 Å². The maximum Gasteiger partial charge on any atom is 0.237 e. The SMILES string of the molecule is [2H]CC(C)CC[C@H](N)C(=O)NCc1cccc(Nc2c(CC(N)=O)cnc3cc(OCC)c(OCC)cc23)c1CC. The summed E-state index contributed by atoms with van der Waals surface area (Å²) in [5.41, 5.74) is 16.6. The van der Waals surface area contributed by atoms with Crippen LogP contribution in [0.2, 0.25) is 0 Å². The summed E-state index contributed by atoms with van der Waals surface area (Å²) in [7, 11) is 0. The Bertz CT molecular complexity index is 1350. The fourth-order valence-corrected chi connectivity index (χ4v) is 4.63. The minimum Gasteiger partial charge on any atom is -0.490 e. The normalized spacial score (nSPS) is 12.9. The molecule has 2 atom stereocenters. The number of primary amides is 1. The molecule has 1 heterocycles. The van der Waals surface area contributed by atoms with Gasteiger partial charge >= 0.3 is 0 Å². The number of carbonyl (C=O) groups excluding carboxylic acids is 2. The number of nitrogens with two attached hydrogens (primary N) is 2. The van der Waals surface area contributed by atoms with Crippen molar-refractivity contribution in [3.8, 4) is 11.5 Å². The average molecular weight is 551 g/mol. The lowest BCUT2D eigenvalue weighted by Gasteiger charge is -2.20. The molecule has 0 aliphatic heterocycles. The van der Waals surface area contributed by atoms with Gasteiger partial charge in [0, 0.05) is 36.8 Å². The third kappa shape index (κ3) is 7.85. The lowest BCUT2D eigenvalue weighted by Crippen LogP contribution is -2.40. The Kier molecular flexibility index (Phi) is 10.6. The van der Waals surface area contributed by atoms with Crippen molar-refractivity contribution in [1.29, 1.82) is 0 Å². The molecular formula is C31H43N5O4. The zero-order valence-corrected chi connectivity index (χ0v) is 24.0. The standard InChI is InChI=1S/C31H43N5O4/c1-6-22-20(17-35-31(38)24(32)13-12-19(4)5)10-9-11-25(22)36-30-21(14-29(33)37)18-34-26-16-28(40-8-3)27(39-7-2)15-23(26)30/h9-11,15-16,18-19,24H,6-8,12-14,17,32H2,1-5H3,(H2,33,37)(H,34,36)(H,35,38)/t24-/m0/s1/i4D/t19?,24-. The van der Waals surface area contributed by atoms with Gasteiger partial charge in [0.05, 0.1) is 36.9 Å². The van der Waals surface area contributed by atoms with Gasteiger partial charge in [-0.05, 0) is 62.3 Å². The van der Waals surface area contributed by atoms with E-state index in [-0.39, 0.29) is 18.2 Å². The maximum absolute atomic E-state index is 12.7. The van der Waals surface area contributed by atoms with E-state index in [2.05, 4.69) is 22.5 Å². The van der Waals surface area contributed by atoms with Crippen LogP contribution in [0.1, 0.15) is 65.5 Å². The first-order valence-electron chi connectivity index (χ1n) is 14.6. The van der Waals surface area contributed by atoms with Crippen LogP contribution in [-0.2, 0) is 29.0 Å². The molecule has 6 N–H and O–H groups in total. The summed E-state index contributed by atoms with van der Waals surface area (Å²) < 4.78 is 19.1.